The Balaban J connectivity index is 3.71. The summed E-state index contributed by atoms with van der Waals surface area (Å²) in [6.45, 7) is 3.04. The van der Waals surface area contributed by atoms with E-state index in [1.807, 2.05) is 19.0 Å². The molecule has 0 aliphatic rings. The first-order valence-corrected chi connectivity index (χ1v) is 10.9. The third-order valence-electron chi connectivity index (χ3n) is 3.17. The topological polar surface area (TPSA) is 66.5 Å². The molecule has 0 aromatic rings. The van der Waals surface area contributed by atoms with Gasteiger partial charge in [0.05, 0.1) is 5.75 Å². The summed E-state index contributed by atoms with van der Waals surface area (Å²) in [6.07, 6.45) is 8.07. The van der Waals surface area contributed by atoms with Crippen LogP contribution in [0.3, 0.4) is 0 Å². The molecule has 0 saturated carbocycles. The van der Waals surface area contributed by atoms with Crippen molar-refractivity contribution >= 4 is 21.0 Å². The molecule has 0 aromatic carbocycles. The first-order valence-electron chi connectivity index (χ1n) is 7.90. The third-order valence-corrected chi connectivity index (χ3v) is 6.42. The van der Waals surface area contributed by atoms with E-state index in [2.05, 4.69) is 11.1 Å². The molecular formula is C14H32N2O3S2. The molecule has 7 heteroatoms. The molecule has 1 N–H and O–H groups in total. The van der Waals surface area contributed by atoms with Gasteiger partial charge < -0.3 is 4.90 Å². The molecule has 128 valence electrons. The Labute approximate surface area is 133 Å². The minimum Gasteiger partial charge on any atom is -0.309 e. The lowest BCUT2D eigenvalue weighted by molar-refractivity contribution is 0.398. The second kappa shape index (κ2) is 12.6. The summed E-state index contributed by atoms with van der Waals surface area (Å²) < 4.78 is 37.5. The quantitative estimate of drug-likeness (QED) is 0.493. The molecule has 21 heavy (non-hydrogen) atoms. The van der Waals surface area contributed by atoms with E-state index in [0.29, 0.717) is 12.2 Å². The second-order valence-electron chi connectivity index (χ2n) is 5.73. The van der Waals surface area contributed by atoms with Crippen LogP contribution >= 0.6 is 0 Å². The number of hydrogen-bond acceptors (Lipinski definition) is 4. The Hall–Kier alpha value is 0.0200. The lowest BCUT2D eigenvalue weighted by Gasteiger charge is -2.09. The molecule has 0 rings (SSSR count). The summed E-state index contributed by atoms with van der Waals surface area (Å²) in [6, 6.07) is 0. The predicted octanol–water partition coefficient (Wildman–Crippen LogP) is 2.27. The van der Waals surface area contributed by atoms with E-state index in [9.17, 15) is 12.6 Å². The fraction of sp³-hybridized carbons (Fsp3) is 1.00. The van der Waals surface area contributed by atoms with Crippen LogP contribution in [-0.4, -0.2) is 49.7 Å². The van der Waals surface area contributed by atoms with Crippen molar-refractivity contribution in [1.82, 2.24) is 9.03 Å². The molecule has 0 heterocycles. The van der Waals surface area contributed by atoms with Crippen molar-refractivity contribution < 1.29 is 12.6 Å². The highest BCUT2D eigenvalue weighted by Crippen LogP contribution is 2.05. The number of nitrogens with one attached hydrogen (secondary N) is 1. The van der Waals surface area contributed by atoms with Gasteiger partial charge in [-0.25, -0.2) is 12.6 Å². The average molecular weight is 341 g/mol. The second-order valence-corrected chi connectivity index (χ2v) is 9.13. The molecule has 1 atom stereocenters. The van der Waals surface area contributed by atoms with E-state index in [1.165, 1.54) is 19.3 Å². The zero-order valence-electron chi connectivity index (χ0n) is 13.8. The van der Waals surface area contributed by atoms with Crippen LogP contribution in [-0.2, 0) is 21.0 Å². The van der Waals surface area contributed by atoms with Crippen LogP contribution in [0.1, 0.15) is 58.3 Å². The van der Waals surface area contributed by atoms with Crippen molar-refractivity contribution in [3.05, 3.63) is 0 Å². The maximum Gasteiger partial charge on any atom is 0.222 e. The van der Waals surface area contributed by atoms with Crippen LogP contribution in [0.15, 0.2) is 0 Å². The summed E-state index contributed by atoms with van der Waals surface area (Å²) in [4.78, 5) is 2.02. The molecular weight excluding hydrogens is 308 g/mol. The SMILES string of the molecule is CCCCCCCCS(=O)NS(=O)(=O)CCCCN(C)C. The Kier molecular flexibility index (Phi) is 12.6. The van der Waals surface area contributed by atoms with Crippen LogP contribution in [0.4, 0.5) is 0 Å². The molecule has 1 unspecified atom stereocenters. The molecule has 0 radical (unpaired) electrons. The Morgan fingerprint density at radius 2 is 1.57 bits per heavy atom. The van der Waals surface area contributed by atoms with Crippen molar-refractivity contribution in [3.63, 3.8) is 0 Å². The monoisotopic (exact) mass is 340 g/mol. The van der Waals surface area contributed by atoms with Gasteiger partial charge in [0.2, 0.25) is 10.0 Å². The Bertz CT molecular complexity index is 370. The van der Waals surface area contributed by atoms with Gasteiger partial charge in [-0.15, -0.1) is 4.13 Å². The lowest BCUT2D eigenvalue weighted by Crippen LogP contribution is -2.30. The normalized spacial score (nSPS) is 13.7. The largest absolute Gasteiger partial charge is 0.309 e. The van der Waals surface area contributed by atoms with Gasteiger partial charge in [-0.3, -0.25) is 0 Å². The van der Waals surface area contributed by atoms with Crippen LogP contribution < -0.4 is 4.13 Å². The highest BCUT2D eigenvalue weighted by Gasteiger charge is 2.13. The number of unbranched alkanes of at least 4 members (excludes halogenated alkanes) is 6. The minimum absolute atomic E-state index is 0.0586. The molecule has 0 spiro atoms. The zero-order chi connectivity index (χ0) is 16.1. The lowest BCUT2D eigenvalue weighted by atomic mass is 10.1. The molecule has 0 saturated heterocycles. The van der Waals surface area contributed by atoms with Gasteiger partial charge in [-0.2, -0.15) is 0 Å². The van der Waals surface area contributed by atoms with E-state index in [-0.39, 0.29) is 5.75 Å². The molecule has 0 aliphatic carbocycles. The Morgan fingerprint density at radius 1 is 0.952 bits per heavy atom. The molecule has 0 bridgehead atoms. The molecule has 5 nitrogen and oxygen atoms in total. The van der Waals surface area contributed by atoms with Crippen molar-refractivity contribution in [1.29, 1.82) is 0 Å². The standard InChI is InChI=1S/C14H32N2O3S2/c1-4-5-6-7-8-10-13-20(17)15-21(18,19)14-11-9-12-16(2)3/h15H,4-14H2,1-3H3. The van der Waals surface area contributed by atoms with Crippen LogP contribution in [0.2, 0.25) is 0 Å². The first kappa shape index (κ1) is 21.0. The van der Waals surface area contributed by atoms with E-state index in [4.69, 9.17) is 0 Å². The zero-order valence-corrected chi connectivity index (χ0v) is 15.4. The number of sulfonamides is 1. The molecule has 0 aromatic heterocycles. The summed E-state index contributed by atoms with van der Waals surface area (Å²) in [5, 5.41) is 0. The number of rotatable bonds is 14. The predicted molar refractivity (Wildman–Crippen MR) is 91.1 cm³/mol. The van der Waals surface area contributed by atoms with Crippen LogP contribution in [0.5, 0.6) is 0 Å². The van der Waals surface area contributed by atoms with Crippen molar-refractivity contribution in [2.45, 2.75) is 58.3 Å². The summed E-state index contributed by atoms with van der Waals surface area (Å²) >= 11 is 0. The Morgan fingerprint density at radius 3 is 2.19 bits per heavy atom. The molecule has 0 fully saturated rings. The van der Waals surface area contributed by atoms with Crippen molar-refractivity contribution in [2.75, 3.05) is 32.1 Å². The fourth-order valence-corrected chi connectivity index (χ4v) is 4.81. The first-order chi connectivity index (χ1) is 9.87. The van der Waals surface area contributed by atoms with Gasteiger partial charge >= 0.3 is 0 Å². The van der Waals surface area contributed by atoms with Gasteiger partial charge in [-0.05, 0) is 39.9 Å². The number of hydrogen-bond donors (Lipinski definition) is 1. The van der Waals surface area contributed by atoms with Crippen LogP contribution in [0, 0.1) is 0 Å². The molecule has 0 amide bonds. The van der Waals surface area contributed by atoms with Gasteiger partial charge in [0.1, 0.15) is 11.0 Å². The van der Waals surface area contributed by atoms with E-state index in [0.717, 1.165) is 32.2 Å². The highest BCUT2D eigenvalue weighted by atomic mass is 32.3. The minimum atomic E-state index is -3.40. The van der Waals surface area contributed by atoms with Crippen LogP contribution in [0.25, 0.3) is 0 Å². The van der Waals surface area contributed by atoms with E-state index >= 15 is 0 Å². The molecule has 0 aliphatic heterocycles. The van der Waals surface area contributed by atoms with Gasteiger partial charge in [0.15, 0.2) is 0 Å². The van der Waals surface area contributed by atoms with Crippen molar-refractivity contribution in [3.8, 4) is 0 Å². The fourth-order valence-electron chi connectivity index (χ4n) is 1.96. The summed E-state index contributed by atoms with van der Waals surface area (Å²) in [5.41, 5.74) is 0. The average Bonchev–Trinajstić information content (AvgIpc) is 2.38. The maximum atomic E-state index is 11.7. The summed E-state index contributed by atoms with van der Waals surface area (Å²) in [7, 11) is -0.937. The van der Waals surface area contributed by atoms with Gasteiger partial charge in [-0.1, -0.05) is 39.0 Å². The van der Waals surface area contributed by atoms with E-state index < -0.39 is 21.0 Å². The van der Waals surface area contributed by atoms with Crippen molar-refractivity contribution in [2.24, 2.45) is 0 Å². The van der Waals surface area contributed by atoms with Gasteiger partial charge in [0, 0.05) is 5.75 Å². The summed E-state index contributed by atoms with van der Waals surface area (Å²) in [5.74, 6) is 0.478. The van der Waals surface area contributed by atoms with Gasteiger partial charge in [0.25, 0.3) is 0 Å². The number of nitrogens with zero attached hydrogens (tertiary/aromatic N) is 1. The smallest absolute Gasteiger partial charge is 0.222 e. The third kappa shape index (κ3) is 14.7. The van der Waals surface area contributed by atoms with E-state index in [1.54, 1.807) is 0 Å². The highest BCUT2D eigenvalue weighted by molar-refractivity contribution is 8.01. The maximum absolute atomic E-state index is 11.7.